The summed E-state index contributed by atoms with van der Waals surface area (Å²) in [5.74, 6) is -0.533. The maximum Gasteiger partial charge on any atom is 0.416 e. The number of ether oxygens (including phenoxy) is 2. The van der Waals surface area contributed by atoms with Gasteiger partial charge in [-0.2, -0.15) is 13.2 Å². The van der Waals surface area contributed by atoms with Crippen molar-refractivity contribution >= 4 is 17.7 Å². The lowest BCUT2D eigenvalue weighted by Crippen LogP contribution is -2.50. The second-order valence-corrected chi connectivity index (χ2v) is 9.08. The maximum absolute atomic E-state index is 13.3. The normalized spacial score (nSPS) is 15.0. The Labute approximate surface area is 225 Å². The lowest BCUT2D eigenvalue weighted by Gasteiger charge is -2.35. The number of nitrogens with one attached hydrogen (secondary N) is 1. The predicted octanol–water partition coefficient (Wildman–Crippen LogP) is 5.45. The van der Waals surface area contributed by atoms with Crippen molar-refractivity contribution in [2.75, 3.05) is 51.8 Å². The fraction of sp³-hybridized carbons (Fsp3) is 0.310. The van der Waals surface area contributed by atoms with Gasteiger partial charge in [0.05, 0.1) is 30.5 Å². The summed E-state index contributed by atoms with van der Waals surface area (Å²) in [6, 6.07) is 20.7. The van der Waals surface area contributed by atoms with Gasteiger partial charge in [-0.15, -0.1) is 0 Å². The smallest absolute Gasteiger partial charge is 0.416 e. The highest BCUT2D eigenvalue weighted by atomic mass is 19.4. The highest BCUT2D eigenvalue weighted by Crippen LogP contribution is 2.33. The Bertz CT molecular complexity index is 1260. The molecule has 0 unspecified atom stereocenters. The fourth-order valence-corrected chi connectivity index (χ4v) is 4.44. The van der Waals surface area contributed by atoms with Gasteiger partial charge in [0.2, 0.25) is 0 Å². The number of carbonyl (C=O) groups is 2. The number of methoxy groups -OCH3 is 1. The molecule has 1 heterocycles. The van der Waals surface area contributed by atoms with Gasteiger partial charge in [-0.25, -0.2) is 9.59 Å². The van der Waals surface area contributed by atoms with Crippen LogP contribution in [0.5, 0.6) is 0 Å². The number of carbonyl (C=O) groups excluding carboxylic acids is 2. The topological polar surface area (TPSA) is 71.1 Å². The van der Waals surface area contributed by atoms with Crippen LogP contribution in [-0.4, -0.2) is 68.2 Å². The summed E-state index contributed by atoms with van der Waals surface area (Å²) in [7, 11) is 1.28. The van der Waals surface area contributed by atoms with Gasteiger partial charge in [-0.1, -0.05) is 54.6 Å². The second kappa shape index (κ2) is 12.8. The number of urea groups is 1. The maximum atomic E-state index is 13.3. The molecule has 0 aromatic heterocycles. The number of benzene rings is 3. The van der Waals surface area contributed by atoms with Crippen LogP contribution in [0.3, 0.4) is 0 Å². The Kier molecular flexibility index (Phi) is 9.21. The highest BCUT2D eigenvalue weighted by Gasteiger charge is 2.31. The van der Waals surface area contributed by atoms with E-state index in [-0.39, 0.29) is 11.6 Å². The van der Waals surface area contributed by atoms with Crippen LogP contribution >= 0.6 is 0 Å². The van der Waals surface area contributed by atoms with E-state index in [0.717, 1.165) is 17.7 Å². The molecule has 39 heavy (non-hydrogen) atoms. The number of rotatable bonds is 8. The van der Waals surface area contributed by atoms with Crippen molar-refractivity contribution in [3.05, 3.63) is 101 Å². The van der Waals surface area contributed by atoms with Crippen LogP contribution in [0.2, 0.25) is 0 Å². The molecule has 0 saturated carbocycles. The van der Waals surface area contributed by atoms with Gasteiger partial charge in [-0.05, 0) is 35.4 Å². The largest absolute Gasteiger partial charge is 0.465 e. The molecule has 0 spiro atoms. The van der Waals surface area contributed by atoms with Crippen LogP contribution in [0, 0.1) is 0 Å². The van der Waals surface area contributed by atoms with E-state index < -0.39 is 23.8 Å². The Morgan fingerprint density at radius 2 is 1.56 bits per heavy atom. The third kappa shape index (κ3) is 7.36. The average molecular weight is 542 g/mol. The molecule has 1 aliphatic heterocycles. The van der Waals surface area contributed by atoms with Crippen molar-refractivity contribution in [3.8, 4) is 0 Å². The number of esters is 1. The Morgan fingerprint density at radius 3 is 2.26 bits per heavy atom. The molecular weight excluding hydrogens is 511 g/mol. The van der Waals surface area contributed by atoms with Crippen molar-refractivity contribution in [1.82, 2.24) is 9.80 Å². The molecule has 206 valence electrons. The van der Waals surface area contributed by atoms with Crippen LogP contribution in [0.4, 0.5) is 23.7 Å². The number of piperazine rings is 1. The molecule has 1 saturated heterocycles. The molecule has 1 aliphatic rings. The number of hydrogen-bond donors (Lipinski definition) is 1. The average Bonchev–Trinajstić information content (AvgIpc) is 2.95. The Hall–Kier alpha value is -3.89. The van der Waals surface area contributed by atoms with E-state index in [1.165, 1.54) is 13.2 Å². The first-order chi connectivity index (χ1) is 18.8. The molecule has 4 rings (SSSR count). The molecule has 0 radical (unpaired) electrons. The monoisotopic (exact) mass is 541 g/mol. The van der Waals surface area contributed by atoms with Gasteiger partial charge in [-0.3, -0.25) is 4.90 Å². The van der Waals surface area contributed by atoms with Crippen LogP contribution in [0.25, 0.3) is 0 Å². The fourth-order valence-electron chi connectivity index (χ4n) is 4.44. The van der Waals surface area contributed by atoms with Crippen molar-refractivity contribution in [3.63, 3.8) is 0 Å². The first-order valence-electron chi connectivity index (χ1n) is 12.6. The van der Waals surface area contributed by atoms with E-state index in [0.29, 0.717) is 50.6 Å². The third-order valence-electron chi connectivity index (χ3n) is 6.54. The van der Waals surface area contributed by atoms with E-state index in [2.05, 4.69) is 10.2 Å². The molecule has 0 bridgehead atoms. The zero-order valence-corrected chi connectivity index (χ0v) is 21.5. The molecule has 3 aromatic carbocycles. The zero-order valence-electron chi connectivity index (χ0n) is 21.5. The summed E-state index contributed by atoms with van der Waals surface area (Å²) in [5, 5.41) is 2.78. The van der Waals surface area contributed by atoms with Crippen molar-refractivity contribution in [1.29, 1.82) is 0 Å². The second-order valence-electron chi connectivity index (χ2n) is 9.08. The summed E-state index contributed by atoms with van der Waals surface area (Å²) in [6.45, 7) is 3.02. The first-order valence-corrected chi connectivity index (χ1v) is 12.6. The highest BCUT2D eigenvalue weighted by molar-refractivity contribution is 6.00. The van der Waals surface area contributed by atoms with Crippen LogP contribution in [0.1, 0.15) is 33.2 Å². The molecule has 1 atom stereocenters. The van der Waals surface area contributed by atoms with Crippen molar-refractivity contribution < 1.29 is 32.2 Å². The summed E-state index contributed by atoms with van der Waals surface area (Å²) in [5.41, 5.74) is 1.15. The number of para-hydroxylation sites is 1. The number of hydrogen-bond acceptors (Lipinski definition) is 5. The minimum atomic E-state index is -4.44. The first kappa shape index (κ1) is 28.1. The molecule has 2 amide bonds. The minimum absolute atomic E-state index is 0.276. The third-order valence-corrected chi connectivity index (χ3v) is 6.54. The van der Waals surface area contributed by atoms with Crippen LogP contribution in [0.15, 0.2) is 78.9 Å². The number of anilines is 1. The summed E-state index contributed by atoms with van der Waals surface area (Å²) < 4.78 is 50.8. The van der Waals surface area contributed by atoms with E-state index >= 15 is 0 Å². The number of amides is 2. The van der Waals surface area contributed by atoms with E-state index in [4.69, 9.17) is 9.47 Å². The molecular formula is C29H30F3N3O4. The predicted molar refractivity (Wildman–Crippen MR) is 140 cm³/mol. The number of alkyl halides is 3. The van der Waals surface area contributed by atoms with E-state index in [9.17, 15) is 22.8 Å². The van der Waals surface area contributed by atoms with E-state index in [1.54, 1.807) is 35.2 Å². The molecule has 0 aliphatic carbocycles. The molecule has 10 heteroatoms. The molecule has 3 aromatic rings. The summed E-state index contributed by atoms with van der Waals surface area (Å²) in [6.07, 6.45) is -5.08. The molecule has 1 N–H and O–H groups in total. The quantitative estimate of drug-likeness (QED) is 0.384. The zero-order chi connectivity index (χ0) is 27.8. The van der Waals surface area contributed by atoms with Crippen molar-refractivity contribution in [2.45, 2.75) is 12.3 Å². The Balaban J connectivity index is 1.32. The number of nitrogens with zero attached hydrogens (tertiary/aromatic N) is 2. The number of halogens is 3. The standard InChI is InChI=1S/C29H30F3N3O4/c1-38-27(36)24-12-5-6-13-25(24)33-28(37)35-16-14-34(15-17-35)18-19-39-26(21-8-3-2-4-9-21)22-10-7-11-23(20-22)29(30,31)32/h2-13,20,26H,14-19H2,1H3,(H,33,37)/t26-/m1/s1. The molecule has 1 fully saturated rings. The van der Waals surface area contributed by atoms with Crippen LogP contribution in [-0.2, 0) is 15.7 Å². The summed E-state index contributed by atoms with van der Waals surface area (Å²) in [4.78, 5) is 28.6. The SMILES string of the molecule is COC(=O)c1ccccc1NC(=O)N1CCN(CCO[C@H](c2ccccc2)c2cccc(C(F)(F)F)c2)CC1. The van der Waals surface area contributed by atoms with Gasteiger partial charge in [0, 0.05) is 32.7 Å². The minimum Gasteiger partial charge on any atom is -0.465 e. The van der Waals surface area contributed by atoms with Gasteiger partial charge in [0.25, 0.3) is 0 Å². The lowest BCUT2D eigenvalue weighted by atomic mass is 9.99. The molecule has 7 nitrogen and oxygen atoms in total. The van der Waals surface area contributed by atoms with Gasteiger partial charge >= 0.3 is 18.2 Å². The van der Waals surface area contributed by atoms with Crippen LogP contribution < -0.4 is 5.32 Å². The van der Waals surface area contributed by atoms with Gasteiger partial charge in [0.1, 0.15) is 6.10 Å². The summed E-state index contributed by atoms with van der Waals surface area (Å²) >= 11 is 0. The van der Waals surface area contributed by atoms with Gasteiger partial charge < -0.3 is 19.7 Å². The Morgan fingerprint density at radius 1 is 0.897 bits per heavy atom. The van der Waals surface area contributed by atoms with Gasteiger partial charge in [0.15, 0.2) is 0 Å². The van der Waals surface area contributed by atoms with Crippen molar-refractivity contribution in [2.24, 2.45) is 0 Å². The lowest BCUT2D eigenvalue weighted by molar-refractivity contribution is -0.137. The van der Waals surface area contributed by atoms with E-state index in [1.807, 2.05) is 30.3 Å².